The summed E-state index contributed by atoms with van der Waals surface area (Å²) in [4.78, 5) is 61.5. The standard InChI is InChI=1S/C23H23N7O5S2.Na/c31-15(9-36-19-14-6-26-28-18(14)24-10-25-19)27-16-21(33)30-17(23(34)35)13(8-37-22(16)30)5-12-3-4-29(20(12)32)7-11-1-2-11;/h5-6,10-11,16,22H,1-4,7-9H2,(H,27,31)(H,34,35)(H,24,25,26,28);/q;+1/p-1/b12-5+;/t16-,22-;/m1./s1. The van der Waals surface area contributed by atoms with Crippen molar-refractivity contribution in [3.8, 4) is 0 Å². The van der Waals surface area contributed by atoms with E-state index in [1.54, 1.807) is 12.3 Å². The smallest absolute Gasteiger partial charge is 0.543 e. The maximum atomic E-state index is 12.9. The fraction of sp³-hybridized carbons (Fsp3) is 0.435. The number of carbonyl (C=O) groups excluding carboxylic acids is 4. The minimum atomic E-state index is -1.47. The number of fused-ring (bicyclic) bond motifs is 2. The Bertz CT molecular complexity index is 1390. The summed E-state index contributed by atoms with van der Waals surface area (Å²) in [5.41, 5.74) is 1.28. The second kappa shape index (κ2) is 11.0. The molecule has 0 bridgehead atoms. The molecule has 0 unspecified atom stereocenters. The van der Waals surface area contributed by atoms with Gasteiger partial charge < -0.3 is 20.1 Å². The first-order chi connectivity index (χ1) is 17.9. The molecule has 38 heavy (non-hydrogen) atoms. The number of rotatable bonds is 8. The molecule has 0 spiro atoms. The Morgan fingerprint density at radius 3 is 2.87 bits per heavy atom. The molecule has 2 saturated heterocycles. The van der Waals surface area contributed by atoms with E-state index in [0.29, 0.717) is 46.1 Å². The van der Waals surface area contributed by atoms with Gasteiger partial charge in [0.15, 0.2) is 5.65 Å². The molecule has 1 saturated carbocycles. The summed E-state index contributed by atoms with van der Waals surface area (Å²) in [7, 11) is 0. The van der Waals surface area contributed by atoms with Crippen LogP contribution in [0.4, 0.5) is 0 Å². The molecule has 0 aromatic carbocycles. The number of aromatic amines is 1. The number of likely N-dealkylation sites (tertiary alicyclic amines) is 1. The van der Waals surface area contributed by atoms with Crippen LogP contribution in [0, 0.1) is 5.92 Å². The second-order valence-electron chi connectivity index (χ2n) is 9.33. The van der Waals surface area contributed by atoms with Gasteiger partial charge in [-0.25, -0.2) is 9.97 Å². The number of amides is 3. The number of allylic oxidation sites excluding steroid dienone is 1. The quantitative estimate of drug-likeness (QED) is 0.108. The van der Waals surface area contributed by atoms with Crippen molar-refractivity contribution >= 4 is 58.2 Å². The van der Waals surface area contributed by atoms with Crippen LogP contribution in [-0.4, -0.2) is 89.7 Å². The number of H-pyrrole nitrogens is 1. The second-order valence-corrected chi connectivity index (χ2v) is 11.4. The number of aliphatic carboxylic acids is 1. The Morgan fingerprint density at radius 2 is 2.11 bits per heavy atom. The SMILES string of the molecule is O=C(CSc1ncnc2[nH]ncc12)N[C@@H]1C(=O)N2C(C(=O)[O-])=C(/C=C3\CCN(CC4CC4)C3=O)CS[C@H]12.[Na+]. The summed E-state index contributed by atoms with van der Waals surface area (Å²) in [5.74, 6) is -1.56. The third kappa shape index (κ3) is 5.11. The Kier molecular flexibility index (Phi) is 7.87. The van der Waals surface area contributed by atoms with Crippen LogP contribution >= 0.6 is 23.5 Å². The Morgan fingerprint density at radius 1 is 1.29 bits per heavy atom. The van der Waals surface area contributed by atoms with Crippen molar-refractivity contribution in [2.45, 2.75) is 35.7 Å². The van der Waals surface area contributed by atoms with E-state index in [1.807, 2.05) is 4.90 Å². The first-order valence-electron chi connectivity index (χ1n) is 11.9. The third-order valence-electron chi connectivity index (χ3n) is 6.80. The van der Waals surface area contributed by atoms with Gasteiger partial charge in [0.05, 0.1) is 29.0 Å². The van der Waals surface area contributed by atoms with Gasteiger partial charge in [0, 0.05) is 24.4 Å². The van der Waals surface area contributed by atoms with Crippen LogP contribution < -0.4 is 40.0 Å². The molecule has 2 atom stereocenters. The van der Waals surface area contributed by atoms with Gasteiger partial charge >= 0.3 is 29.6 Å². The number of nitrogens with zero attached hydrogens (tertiary/aromatic N) is 5. The fourth-order valence-corrected chi connectivity index (χ4v) is 6.83. The Labute approximate surface area is 247 Å². The number of hydrogen-bond donors (Lipinski definition) is 2. The molecule has 2 N–H and O–H groups in total. The number of β-lactam (4-membered cyclic amide) rings is 1. The zero-order valence-corrected chi connectivity index (χ0v) is 24.1. The van der Waals surface area contributed by atoms with E-state index in [2.05, 4.69) is 25.5 Å². The maximum absolute atomic E-state index is 12.9. The van der Waals surface area contributed by atoms with Gasteiger partial charge in [0.25, 0.3) is 5.91 Å². The average Bonchev–Trinajstić information content (AvgIpc) is 3.46. The number of nitrogens with one attached hydrogen (secondary N) is 2. The summed E-state index contributed by atoms with van der Waals surface area (Å²) in [5, 5.41) is 22.1. The van der Waals surface area contributed by atoms with Gasteiger partial charge in [0.2, 0.25) is 11.8 Å². The molecule has 12 nitrogen and oxygen atoms in total. The molecule has 15 heteroatoms. The minimum Gasteiger partial charge on any atom is -0.543 e. The summed E-state index contributed by atoms with van der Waals surface area (Å²) in [6.07, 6.45) is 7.39. The van der Waals surface area contributed by atoms with Crippen molar-refractivity contribution in [1.82, 2.24) is 35.3 Å². The molecule has 192 valence electrons. The molecular formula is C23H22N7NaO5S2. The fourth-order valence-electron chi connectivity index (χ4n) is 4.75. The van der Waals surface area contributed by atoms with E-state index in [4.69, 9.17) is 0 Å². The van der Waals surface area contributed by atoms with Crippen molar-refractivity contribution in [2.75, 3.05) is 24.6 Å². The van der Waals surface area contributed by atoms with Crippen molar-refractivity contribution in [3.05, 3.63) is 35.4 Å². The van der Waals surface area contributed by atoms with E-state index in [1.165, 1.54) is 29.9 Å². The molecule has 2 aromatic heterocycles. The minimum absolute atomic E-state index is 0. The summed E-state index contributed by atoms with van der Waals surface area (Å²) in [6.45, 7) is 1.37. The number of carboxylic acid groups (broad SMARTS) is 1. The molecular weight excluding hydrogens is 541 g/mol. The molecule has 3 aliphatic heterocycles. The monoisotopic (exact) mass is 563 g/mol. The van der Waals surface area contributed by atoms with E-state index in [-0.39, 0.29) is 58.6 Å². The Balaban J connectivity index is 0.00000294. The Hall–Kier alpha value is -2.39. The first kappa shape index (κ1) is 27.2. The van der Waals surface area contributed by atoms with Gasteiger partial charge in [-0.2, -0.15) is 5.10 Å². The molecule has 0 radical (unpaired) electrons. The van der Waals surface area contributed by atoms with Crippen LogP contribution in [0.2, 0.25) is 0 Å². The molecule has 5 heterocycles. The summed E-state index contributed by atoms with van der Waals surface area (Å²) < 4.78 is 0. The summed E-state index contributed by atoms with van der Waals surface area (Å²) in [6, 6.07) is -0.844. The normalized spacial score (nSPS) is 23.9. The predicted octanol–water partition coefficient (Wildman–Crippen LogP) is -3.58. The maximum Gasteiger partial charge on any atom is 1.00 e. The van der Waals surface area contributed by atoms with E-state index >= 15 is 0 Å². The van der Waals surface area contributed by atoms with Crippen molar-refractivity contribution in [3.63, 3.8) is 0 Å². The van der Waals surface area contributed by atoms with E-state index in [9.17, 15) is 24.3 Å². The van der Waals surface area contributed by atoms with Crippen LogP contribution in [0.15, 0.2) is 40.5 Å². The van der Waals surface area contributed by atoms with Crippen LogP contribution in [0.3, 0.4) is 0 Å². The van der Waals surface area contributed by atoms with Gasteiger partial charge in [-0.3, -0.25) is 24.4 Å². The van der Waals surface area contributed by atoms with Crippen LogP contribution in [0.1, 0.15) is 19.3 Å². The van der Waals surface area contributed by atoms with Crippen molar-refractivity contribution in [2.24, 2.45) is 5.92 Å². The summed E-state index contributed by atoms with van der Waals surface area (Å²) >= 11 is 2.54. The van der Waals surface area contributed by atoms with Gasteiger partial charge in [-0.15, -0.1) is 11.8 Å². The van der Waals surface area contributed by atoms with Gasteiger partial charge in [0.1, 0.15) is 22.8 Å². The van der Waals surface area contributed by atoms with Crippen LogP contribution in [0.25, 0.3) is 11.0 Å². The molecule has 6 rings (SSSR count). The van der Waals surface area contributed by atoms with Gasteiger partial charge in [-0.05, 0) is 36.8 Å². The number of carboxylic acids is 1. The molecule has 3 fully saturated rings. The number of aromatic nitrogens is 4. The van der Waals surface area contributed by atoms with Gasteiger partial charge in [-0.1, -0.05) is 11.8 Å². The zero-order valence-electron chi connectivity index (χ0n) is 20.5. The number of hydrogen-bond acceptors (Lipinski definition) is 10. The van der Waals surface area contributed by atoms with Crippen molar-refractivity contribution < 1.29 is 53.8 Å². The molecule has 3 amide bonds. The number of thioether (sulfide) groups is 2. The average molecular weight is 564 g/mol. The van der Waals surface area contributed by atoms with Crippen LogP contribution in [0.5, 0.6) is 0 Å². The van der Waals surface area contributed by atoms with E-state index in [0.717, 1.165) is 24.3 Å². The van der Waals surface area contributed by atoms with Crippen LogP contribution in [-0.2, 0) is 19.2 Å². The number of carbonyl (C=O) groups is 4. The van der Waals surface area contributed by atoms with E-state index < -0.39 is 23.3 Å². The molecule has 4 aliphatic rings. The third-order valence-corrected chi connectivity index (χ3v) is 9.10. The zero-order chi connectivity index (χ0) is 25.7. The molecule has 2 aromatic rings. The first-order valence-corrected chi connectivity index (χ1v) is 13.9. The van der Waals surface area contributed by atoms with Crippen molar-refractivity contribution in [1.29, 1.82) is 0 Å². The predicted molar refractivity (Wildman–Crippen MR) is 131 cm³/mol. The molecule has 1 aliphatic carbocycles. The largest absolute Gasteiger partial charge is 1.00 e. The topological polar surface area (TPSA) is 164 Å².